The second-order valence-corrected chi connectivity index (χ2v) is 8.23. The lowest BCUT2D eigenvalue weighted by molar-refractivity contribution is -0.120. The maximum absolute atomic E-state index is 11.9. The normalized spacial score (nSPS) is 12.3. The highest BCUT2D eigenvalue weighted by atomic mass is 32.2. The van der Waals surface area contributed by atoms with Crippen LogP contribution >= 0.6 is 23.1 Å². The van der Waals surface area contributed by atoms with Crippen LogP contribution in [0.5, 0.6) is 0 Å². The van der Waals surface area contributed by atoms with Crippen LogP contribution in [0.2, 0.25) is 0 Å². The summed E-state index contributed by atoms with van der Waals surface area (Å²) in [5, 5.41) is 15.1. The van der Waals surface area contributed by atoms with Gasteiger partial charge in [-0.2, -0.15) is 0 Å². The van der Waals surface area contributed by atoms with Crippen LogP contribution in [-0.2, 0) is 4.79 Å². The first-order chi connectivity index (χ1) is 10.9. The number of carbonyl (C=O) groups excluding carboxylic acids is 1. The van der Waals surface area contributed by atoms with Gasteiger partial charge in [0.15, 0.2) is 4.34 Å². The molecule has 7 heteroatoms. The van der Waals surface area contributed by atoms with Gasteiger partial charge in [0.2, 0.25) is 11.0 Å². The Bertz CT molecular complexity index is 684. The van der Waals surface area contributed by atoms with Crippen molar-refractivity contribution in [1.29, 1.82) is 0 Å². The van der Waals surface area contributed by atoms with E-state index in [-0.39, 0.29) is 17.2 Å². The molecule has 2 rings (SSSR count). The van der Waals surface area contributed by atoms with Crippen molar-refractivity contribution in [2.75, 3.05) is 5.32 Å². The lowest BCUT2D eigenvalue weighted by Gasteiger charge is -2.12. The summed E-state index contributed by atoms with van der Waals surface area (Å²) in [6.07, 6.45) is 0. The largest absolute Gasteiger partial charge is 0.353 e. The summed E-state index contributed by atoms with van der Waals surface area (Å²) in [6.45, 7) is 9.93. The van der Waals surface area contributed by atoms with Gasteiger partial charge in [0.1, 0.15) is 0 Å². The fourth-order valence-electron chi connectivity index (χ4n) is 1.92. The van der Waals surface area contributed by atoms with E-state index in [2.05, 4.69) is 40.7 Å². The van der Waals surface area contributed by atoms with E-state index in [1.54, 1.807) is 0 Å². The number of amides is 1. The summed E-state index contributed by atoms with van der Waals surface area (Å²) in [5.74, 6) is 0.0178. The molecule has 0 aliphatic heterocycles. The minimum atomic E-state index is -0.195. The Morgan fingerprint density at radius 2 is 1.96 bits per heavy atom. The van der Waals surface area contributed by atoms with Crippen molar-refractivity contribution in [2.45, 2.75) is 50.3 Å². The molecule has 0 aliphatic carbocycles. The van der Waals surface area contributed by atoms with Crippen LogP contribution in [0.25, 0.3) is 0 Å². The van der Waals surface area contributed by atoms with Crippen molar-refractivity contribution < 1.29 is 4.79 Å². The number of hydrogen-bond donors (Lipinski definition) is 2. The Hall–Kier alpha value is -1.60. The molecule has 1 unspecified atom stereocenters. The molecule has 0 fully saturated rings. The molecule has 124 valence electrons. The highest BCUT2D eigenvalue weighted by Gasteiger charge is 2.17. The van der Waals surface area contributed by atoms with Crippen molar-refractivity contribution >= 4 is 39.8 Å². The number of carbonyl (C=O) groups is 1. The number of nitrogens with one attached hydrogen (secondary N) is 2. The Labute approximate surface area is 145 Å². The fraction of sp³-hybridized carbons (Fsp3) is 0.438. The highest BCUT2D eigenvalue weighted by molar-refractivity contribution is 8.02. The molecule has 0 radical (unpaired) electrons. The van der Waals surface area contributed by atoms with Gasteiger partial charge in [0.05, 0.1) is 5.25 Å². The van der Waals surface area contributed by atoms with E-state index in [1.807, 2.05) is 32.9 Å². The Morgan fingerprint density at radius 1 is 1.22 bits per heavy atom. The van der Waals surface area contributed by atoms with E-state index < -0.39 is 0 Å². The van der Waals surface area contributed by atoms with Gasteiger partial charge in [-0.1, -0.05) is 35.2 Å². The maximum Gasteiger partial charge on any atom is 0.233 e. The van der Waals surface area contributed by atoms with Crippen molar-refractivity contribution in [3.05, 3.63) is 29.3 Å². The van der Waals surface area contributed by atoms with Gasteiger partial charge >= 0.3 is 0 Å². The van der Waals surface area contributed by atoms with Gasteiger partial charge in [-0.05, 0) is 51.8 Å². The number of aryl methyl sites for hydroxylation is 1. The summed E-state index contributed by atoms with van der Waals surface area (Å²) >= 11 is 2.88. The monoisotopic (exact) mass is 350 g/mol. The zero-order valence-electron chi connectivity index (χ0n) is 14.0. The minimum Gasteiger partial charge on any atom is -0.353 e. The van der Waals surface area contributed by atoms with Gasteiger partial charge in [-0.15, -0.1) is 10.2 Å². The third kappa shape index (κ3) is 4.94. The standard InChI is InChI=1S/C16H22N4OS2/c1-9(2)17-14(21)12(5)22-16-20-19-15(23-16)18-13-8-6-7-10(3)11(13)4/h6-9,12H,1-5H3,(H,17,21)(H,18,19). The first-order valence-electron chi connectivity index (χ1n) is 7.50. The number of anilines is 2. The quantitative estimate of drug-likeness (QED) is 0.773. The summed E-state index contributed by atoms with van der Waals surface area (Å²) < 4.78 is 0.782. The van der Waals surface area contributed by atoms with E-state index in [0.717, 1.165) is 15.2 Å². The number of hydrogen-bond acceptors (Lipinski definition) is 6. The van der Waals surface area contributed by atoms with Gasteiger partial charge in [-0.3, -0.25) is 4.79 Å². The molecule has 1 amide bonds. The zero-order valence-corrected chi connectivity index (χ0v) is 15.6. The molecule has 0 spiro atoms. The van der Waals surface area contributed by atoms with Crippen molar-refractivity contribution in [2.24, 2.45) is 0 Å². The molecule has 2 aromatic rings. The number of benzene rings is 1. The van der Waals surface area contributed by atoms with Crippen LogP contribution in [-0.4, -0.2) is 27.4 Å². The molecule has 0 bridgehead atoms. The smallest absolute Gasteiger partial charge is 0.233 e. The molecular formula is C16H22N4OS2. The average Bonchev–Trinajstić information content (AvgIpc) is 2.90. The Morgan fingerprint density at radius 3 is 2.65 bits per heavy atom. The number of rotatable bonds is 6. The van der Waals surface area contributed by atoms with Crippen LogP contribution < -0.4 is 10.6 Å². The van der Waals surface area contributed by atoms with Gasteiger partial charge in [0, 0.05) is 11.7 Å². The Balaban J connectivity index is 2.00. The number of nitrogens with zero attached hydrogens (tertiary/aromatic N) is 2. The molecule has 0 saturated carbocycles. The van der Waals surface area contributed by atoms with Crippen LogP contribution in [0.3, 0.4) is 0 Å². The third-order valence-corrected chi connectivity index (χ3v) is 5.35. The lowest BCUT2D eigenvalue weighted by Crippen LogP contribution is -2.35. The summed E-state index contributed by atoms with van der Waals surface area (Å²) in [7, 11) is 0. The topological polar surface area (TPSA) is 66.9 Å². The summed E-state index contributed by atoms with van der Waals surface area (Å²) in [6, 6.07) is 6.26. The SMILES string of the molecule is Cc1cccc(Nc2nnc(SC(C)C(=O)NC(C)C)s2)c1C. The minimum absolute atomic E-state index is 0.0178. The summed E-state index contributed by atoms with van der Waals surface area (Å²) in [4.78, 5) is 11.9. The van der Waals surface area contributed by atoms with Crippen molar-refractivity contribution in [3.8, 4) is 0 Å². The second-order valence-electron chi connectivity index (χ2n) is 5.67. The number of aromatic nitrogens is 2. The van der Waals surface area contributed by atoms with E-state index >= 15 is 0 Å². The predicted molar refractivity (Wildman–Crippen MR) is 97.7 cm³/mol. The molecule has 0 saturated heterocycles. The van der Waals surface area contributed by atoms with Crippen LogP contribution in [0.4, 0.5) is 10.8 Å². The van der Waals surface area contributed by atoms with E-state index in [4.69, 9.17) is 0 Å². The fourth-order valence-corrected chi connectivity index (χ4v) is 3.83. The maximum atomic E-state index is 11.9. The molecule has 1 heterocycles. The van der Waals surface area contributed by atoms with Crippen LogP contribution in [0.1, 0.15) is 31.9 Å². The summed E-state index contributed by atoms with van der Waals surface area (Å²) in [5.41, 5.74) is 3.46. The molecular weight excluding hydrogens is 328 g/mol. The molecule has 0 aliphatic rings. The van der Waals surface area contributed by atoms with Crippen molar-refractivity contribution in [3.63, 3.8) is 0 Å². The van der Waals surface area contributed by atoms with Crippen LogP contribution in [0.15, 0.2) is 22.5 Å². The molecule has 2 N–H and O–H groups in total. The average molecular weight is 351 g/mol. The molecule has 1 aromatic heterocycles. The third-order valence-electron chi connectivity index (χ3n) is 3.33. The first kappa shape index (κ1) is 17.7. The number of thioether (sulfide) groups is 1. The van der Waals surface area contributed by atoms with Crippen LogP contribution in [0, 0.1) is 13.8 Å². The molecule has 5 nitrogen and oxygen atoms in total. The second kappa shape index (κ2) is 7.79. The van der Waals surface area contributed by atoms with E-state index in [9.17, 15) is 4.79 Å². The molecule has 1 atom stereocenters. The van der Waals surface area contributed by atoms with Crippen molar-refractivity contribution in [1.82, 2.24) is 15.5 Å². The molecule has 23 heavy (non-hydrogen) atoms. The van der Waals surface area contributed by atoms with Gasteiger partial charge < -0.3 is 10.6 Å². The van der Waals surface area contributed by atoms with E-state index in [0.29, 0.717) is 0 Å². The molecule has 1 aromatic carbocycles. The lowest BCUT2D eigenvalue weighted by atomic mass is 10.1. The zero-order chi connectivity index (χ0) is 17.0. The van der Waals surface area contributed by atoms with Gasteiger partial charge in [0.25, 0.3) is 0 Å². The predicted octanol–water partition coefficient (Wildman–Crippen LogP) is 3.90. The Kier molecular flexibility index (Phi) is 6.01. The highest BCUT2D eigenvalue weighted by Crippen LogP contribution is 2.31. The first-order valence-corrected chi connectivity index (χ1v) is 9.20. The van der Waals surface area contributed by atoms with Gasteiger partial charge in [-0.25, -0.2) is 0 Å². The van der Waals surface area contributed by atoms with E-state index in [1.165, 1.54) is 34.2 Å².